The van der Waals surface area contributed by atoms with Gasteiger partial charge in [0, 0.05) is 6.20 Å². The van der Waals surface area contributed by atoms with Crippen molar-refractivity contribution in [3.05, 3.63) is 41.4 Å². The average molecular weight is 278 g/mol. The molecule has 0 radical (unpaired) electrons. The van der Waals surface area contributed by atoms with Crippen LogP contribution in [0.25, 0.3) is 0 Å². The Hall–Kier alpha value is -2.77. The van der Waals surface area contributed by atoms with E-state index in [0.717, 1.165) is 5.69 Å². The summed E-state index contributed by atoms with van der Waals surface area (Å²) < 4.78 is 5.24. The number of aryl methyl sites for hydroxylation is 1. The van der Waals surface area contributed by atoms with Gasteiger partial charge in [0.2, 0.25) is 0 Å². The maximum absolute atomic E-state index is 11.5. The van der Waals surface area contributed by atoms with Crippen LogP contribution < -0.4 is 10.6 Å². The number of aromatic carboxylic acids is 1. The Morgan fingerprint density at radius 3 is 2.75 bits per heavy atom. The van der Waals surface area contributed by atoms with Crippen LogP contribution in [0.1, 0.15) is 27.6 Å². The summed E-state index contributed by atoms with van der Waals surface area (Å²) in [5.41, 5.74) is 0.877. The van der Waals surface area contributed by atoms with E-state index in [1.54, 1.807) is 13.1 Å². The van der Waals surface area contributed by atoms with E-state index in [2.05, 4.69) is 20.6 Å². The van der Waals surface area contributed by atoms with Gasteiger partial charge < -0.3 is 25.1 Å². The first-order chi connectivity index (χ1) is 9.56. The molecule has 0 aliphatic heterocycles. The zero-order chi connectivity index (χ0) is 14.5. The van der Waals surface area contributed by atoms with Crippen LogP contribution in [0.2, 0.25) is 0 Å². The van der Waals surface area contributed by atoms with Crippen molar-refractivity contribution >= 4 is 12.0 Å². The van der Waals surface area contributed by atoms with E-state index in [-0.39, 0.29) is 18.1 Å². The summed E-state index contributed by atoms with van der Waals surface area (Å²) in [5, 5.41) is 14.1. The number of carbonyl (C=O) groups is 2. The van der Waals surface area contributed by atoms with Crippen LogP contribution in [0.15, 0.2) is 23.0 Å². The molecule has 0 spiro atoms. The molecule has 2 heterocycles. The molecule has 4 N–H and O–H groups in total. The number of nitrogens with zero attached hydrogens (tertiary/aromatic N) is 1. The first kappa shape index (κ1) is 13.7. The Labute approximate surface area is 114 Å². The van der Waals surface area contributed by atoms with Crippen LogP contribution in [-0.4, -0.2) is 27.1 Å². The second-order valence-corrected chi connectivity index (χ2v) is 4.10. The number of aromatic amines is 1. The summed E-state index contributed by atoms with van der Waals surface area (Å²) in [4.78, 5) is 29.0. The molecule has 2 amide bonds. The van der Waals surface area contributed by atoms with Gasteiger partial charge in [-0.25, -0.2) is 14.6 Å². The van der Waals surface area contributed by atoms with E-state index in [1.165, 1.54) is 12.4 Å². The van der Waals surface area contributed by atoms with Crippen molar-refractivity contribution < 1.29 is 19.1 Å². The van der Waals surface area contributed by atoms with Crippen LogP contribution >= 0.6 is 0 Å². The SMILES string of the molecule is Cc1oc(CNC(=O)NCc2cnc[nH]2)cc1C(=O)O. The highest BCUT2D eigenvalue weighted by molar-refractivity contribution is 5.88. The molecule has 0 fully saturated rings. The molecule has 20 heavy (non-hydrogen) atoms. The fraction of sp³-hybridized carbons (Fsp3) is 0.250. The number of nitrogens with one attached hydrogen (secondary N) is 3. The minimum Gasteiger partial charge on any atom is -0.478 e. The number of aromatic nitrogens is 2. The molecule has 2 rings (SSSR count). The van der Waals surface area contributed by atoms with Crippen LogP contribution in [-0.2, 0) is 13.1 Å². The molecule has 0 saturated carbocycles. The summed E-state index contributed by atoms with van der Waals surface area (Å²) in [6, 6.07) is 1.01. The first-order valence-corrected chi connectivity index (χ1v) is 5.88. The number of hydrogen-bond donors (Lipinski definition) is 4. The zero-order valence-electron chi connectivity index (χ0n) is 10.8. The Kier molecular flexibility index (Phi) is 4.04. The van der Waals surface area contributed by atoms with Crippen molar-refractivity contribution in [2.45, 2.75) is 20.0 Å². The number of amides is 2. The highest BCUT2D eigenvalue weighted by Gasteiger charge is 2.13. The van der Waals surface area contributed by atoms with E-state index < -0.39 is 5.97 Å². The van der Waals surface area contributed by atoms with Crippen molar-refractivity contribution in [3.63, 3.8) is 0 Å². The minimum absolute atomic E-state index is 0.0969. The third-order valence-electron chi connectivity index (χ3n) is 2.62. The normalized spacial score (nSPS) is 10.2. The summed E-state index contributed by atoms with van der Waals surface area (Å²) >= 11 is 0. The number of rotatable bonds is 5. The summed E-state index contributed by atoms with van der Waals surface area (Å²) in [7, 11) is 0. The fourth-order valence-electron chi connectivity index (χ4n) is 1.63. The van der Waals surface area contributed by atoms with Crippen molar-refractivity contribution in [2.75, 3.05) is 0 Å². The van der Waals surface area contributed by atoms with Gasteiger partial charge in [-0.2, -0.15) is 0 Å². The molecule has 0 saturated heterocycles. The number of carboxylic acid groups (broad SMARTS) is 1. The maximum atomic E-state index is 11.5. The van der Waals surface area contributed by atoms with Gasteiger partial charge >= 0.3 is 12.0 Å². The molecule has 0 aliphatic rings. The lowest BCUT2D eigenvalue weighted by Gasteiger charge is -2.04. The van der Waals surface area contributed by atoms with E-state index >= 15 is 0 Å². The zero-order valence-corrected chi connectivity index (χ0v) is 10.8. The number of urea groups is 1. The lowest BCUT2D eigenvalue weighted by molar-refractivity contribution is 0.0695. The predicted octanol–water partition coefficient (Wildman–Crippen LogP) is 1.01. The van der Waals surface area contributed by atoms with Gasteiger partial charge in [0.25, 0.3) is 0 Å². The average Bonchev–Trinajstić information content (AvgIpc) is 3.03. The molecule has 106 valence electrons. The molecule has 0 aliphatic carbocycles. The monoisotopic (exact) mass is 278 g/mol. The van der Waals surface area contributed by atoms with Crippen LogP contribution in [0, 0.1) is 6.92 Å². The number of carbonyl (C=O) groups excluding carboxylic acids is 1. The topological polar surface area (TPSA) is 120 Å². The van der Waals surface area contributed by atoms with Crippen LogP contribution in [0.3, 0.4) is 0 Å². The van der Waals surface area contributed by atoms with Gasteiger partial charge in [-0.05, 0) is 13.0 Å². The molecule has 2 aromatic rings. The van der Waals surface area contributed by atoms with Crippen molar-refractivity contribution in [3.8, 4) is 0 Å². The Bertz CT molecular complexity index is 603. The number of carboxylic acids is 1. The smallest absolute Gasteiger partial charge is 0.339 e. The predicted molar refractivity (Wildman–Crippen MR) is 68.1 cm³/mol. The fourth-order valence-corrected chi connectivity index (χ4v) is 1.63. The molecule has 0 atom stereocenters. The molecule has 2 aromatic heterocycles. The highest BCUT2D eigenvalue weighted by Crippen LogP contribution is 2.14. The quantitative estimate of drug-likeness (QED) is 0.650. The van der Waals surface area contributed by atoms with Crippen molar-refractivity contribution in [1.82, 2.24) is 20.6 Å². The first-order valence-electron chi connectivity index (χ1n) is 5.88. The van der Waals surface area contributed by atoms with Gasteiger partial charge in [0.15, 0.2) is 0 Å². The Balaban J connectivity index is 1.81. The van der Waals surface area contributed by atoms with E-state index in [9.17, 15) is 9.59 Å². The van der Waals surface area contributed by atoms with E-state index in [4.69, 9.17) is 9.52 Å². The number of imidazole rings is 1. The van der Waals surface area contributed by atoms with Gasteiger partial charge in [0.05, 0.1) is 25.1 Å². The highest BCUT2D eigenvalue weighted by atomic mass is 16.4. The minimum atomic E-state index is -1.05. The number of furan rings is 1. The lowest BCUT2D eigenvalue weighted by Crippen LogP contribution is -2.34. The molecular formula is C12H14N4O4. The molecule has 8 nitrogen and oxygen atoms in total. The third-order valence-corrected chi connectivity index (χ3v) is 2.62. The summed E-state index contributed by atoms with van der Waals surface area (Å²) in [6.45, 7) is 2.00. The number of hydrogen-bond acceptors (Lipinski definition) is 4. The van der Waals surface area contributed by atoms with Gasteiger partial charge in [-0.1, -0.05) is 0 Å². The second-order valence-electron chi connectivity index (χ2n) is 4.10. The van der Waals surface area contributed by atoms with Gasteiger partial charge in [0.1, 0.15) is 17.1 Å². The van der Waals surface area contributed by atoms with Crippen LogP contribution in [0.4, 0.5) is 4.79 Å². The Morgan fingerprint density at radius 2 is 2.15 bits per heavy atom. The third kappa shape index (κ3) is 3.37. The molecule has 8 heteroatoms. The van der Waals surface area contributed by atoms with Crippen molar-refractivity contribution in [1.29, 1.82) is 0 Å². The molecule has 0 unspecified atom stereocenters. The molecule has 0 aromatic carbocycles. The molecular weight excluding hydrogens is 264 g/mol. The lowest BCUT2D eigenvalue weighted by atomic mass is 10.2. The summed E-state index contributed by atoms with van der Waals surface area (Å²) in [6.07, 6.45) is 3.13. The largest absolute Gasteiger partial charge is 0.478 e. The summed E-state index contributed by atoms with van der Waals surface area (Å²) in [5.74, 6) is -0.357. The van der Waals surface area contributed by atoms with Gasteiger partial charge in [-0.3, -0.25) is 0 Å². The second kappa shape index (κ2) is 5.91. The Morgan fingerprint density at radius 1 is 1.40 bits per heavy atom. The maximum Gasteiger partial charge on any atom is 0.339 e. The van der Waals surface area contributed by atoms with Crippen molar-refractivity contribution in [2.24, 2.45) is 0 Å². The van der Waals surface area contributed by atoms with Gasteiger partial charge in [-0.15, -0.1) is 0 Å². The molecule has 0 bridgehead atoms. The van der Waals surface area contributed by atoms with Crippen LogP contribution in [0.5, 0.6) is 0 Å². The standard InChI is InChI=1S/C12H14N4O4/c1-7-10(11(17)18)2-9(20-7)5-15-12(19)14-4-8-3-13-6-16-8/h2-3,6H,4-5H2,1H3,(H,13,16)(H,17,18)(H2,14,15,19). The van der Waals surface area contributed by atoms with E-state index in [0.29, 0.717) is 18.1 Å². The number of H-pyrrole nitrogens is 1. The van der Waals surface area contributed by atoms with E-state index in [1.807, 2.05) is 0 Å².